The molecule has 1 aromatic carbocycles. The minimum Gasteiger partial charge on any atom is -0.444 e. The summed E-state index contributed by atoms with van der Waals surface area (Å²) in [6.07, 6.45) is 1.51. The zero-order chi connectivity index (χ0) is 27.7. The third-order valence-electron chi connectivity index (χ3n) is 6.64. The fourth-order valence-electron chi connectivity index (χ4n) is 4.45. The standard InChI is InChI=1S/C26H29F2N5O5/c1-25(2,3)37-24(36)33-10-7-19(17(13-33)22(34)31-26(14-29)8-4-9-26)30-23(35)20-12-21(38-32-20)16-6-5-15(27)11-18(16)28/h5-6,11-12,17,19H,4,7-10,13H2,1-3H3,(H,30,35)(H,31,34). The first kappa shape index (κ1) is 27.0. The van der Waals surface area contributed by atoms with E-state index in [-0.39, 0.29) is 36.5 Å². The van der Waals surface area contributed by atoms with Gasteiger partial charge in [0.2, 0.25) is 5.91 Å². The molecule has 1 saturated heterocycles. The lowest BCUT2D eigenvalue weighted by Gasteiger charge is -2.41. The van der Waals surface area contributed by atoms with Gasteiger partial charge in [-0.05, 0) is 58.6 Å². The van der Waals surface area contributed by atoms with Gasteiger partial charge in [-0.2, -0.15) is 5.26 Å². The molecule has 2 fully saturated rings. The van der Waals surface area contributed by atoms with E-state index in [0.29, 0.717) is 18.9 Å². The van der Waals surface area contributed by atoms with Crippen LogP contribution in [0, 0.1) is 28.9 Å². The van der Waals surface area contributed by atoms with Crippen LogP contribution in [-0.2, 0) is 9.53 Å². The van der Waals surface area contributed by atoms with Crippen LogP contribution in [0.15, 0.2) is 28.8 Å². The molecule has 1 aliphatic carbocycles. The first-order valence-corrected chi connectivity index (χ1v) is 12.3. The van der Waals surface area contributed by atoms with E-state index in [0.717, 1.165) is 12.5 Å². The molecular weight excluding hydrogens is 500 g/mol. The van der Waals surface area contributed by atoms with Crippen molar-refractivity contribution in [1.29, 1.82) is 5.26 Å². The average molecular weight is 530 g/mol. The number of nitrogens with zero attached hydrogens (tertiary/aromatic N) is 3. The van der Waals surface area contributed by atoms with Crippen molar-refractivity contribution in [2.75, 3.05) is 13.1 Å². The molecule has 2 N–H and O–H groups in total. The number of nitriles is 1. The highest BCUT2D eigenvalue weighted by Gasteiger charge is 2.44. The lowest BCUT2D eigenvalue weighted by Crippen LogP contribution is -2.61. The van der Waals surface area contributed by atoms with E-state index in [4.69, 9.17) is 9.26 Å². The van der Waals surface area contributed by atoms with Crippen LogP contribution in [0.5, 0.6) is 0 Å². The van der Waals surface area contributed by atoms with Crippen molar-refractivity contribution in [3.8, 4) is 17.4 Å². The summed E-state index contributed by atoms with van der Waals surface area (Å²) in [5, 5.41) is 18.8. The molecule has 2 unspecified atom stereocenters. The Morgan fingerprint density at radius 3 is 2.58 bits per heavy atom. The van der Waals surface area contributed by atoms with E-state index in [1.165, 1.54) is 17.0 Å². The summed E-state index contributed by atoms with van der Waals surface area (Å²) < 4.78 is 37.9. The van der Waals surface area contributed by atoms with Gasteiger partial charge in [-0.1, -0.05) is 5.16 Å². The van der Waals surface area contributed by atoms with E-state index in [1.54, 1.807) is 20.8 Å². The van der Waals surface area contributed by atoms with Gasteiger partial charge in [-0.15, -0.1) is 0 Å². The molecular formula is C26H29F2N5O5. The molecule has 3 amide bonds. The molecule has 38 heavy (non-hydrogen) atoms. The highest BCUT2D eigenvalue weighted by molar-refractivity contribution is 5.94. The van der Waals surface area contributed by atoms with Crippen molar-refractivity contribution < 1.29 is 32.4 Å². The second kappa shape index (κ2) is 10.4. The summed E-state index contributed by atoms with van der Waals surface area (Å²) in [5.41, 5.74) is -1.92. The largest absolute Gasteiger partial charge is 0.444 e. The van der Waals surface area contributed by atoms with Crippen molar-refractivity contribution in [2.45, 2.75) is 63.6 Å². The number of amides is 3. The molecule has 1 aromatic heterocycles. The minimum atomic E-state index is -0.958. The molecule has 4 rings (SSSR count). The number of ether oxygens (including phenoxy) is 1. The van der Waals surface area contributed by atoms with Crippen LogP contribution in [0.3, 0.4) is 0 Å². The van der Waals surface area contributed by atoms with Crippen LogP contribution in [0.2, 0.25) is 0 Å². The van der Waals surface area contributed by atoms with E-state index < -0.39 is 52.6 Å². The number of nitrogens with one attached hydrogen (secondary N) is 2. The van der Waals surface area contributed by atoms with Crippen molar-refractivity contribution in [1.82, 2.24) is 20.7 Å². The van der Waals surface area contributed by atoms with Crippen LogP contribution in [-0.4, -0.2) is 58.2 Å². The average Bonchev–Trinajstić information content (AvgIpc) is 3.30. The Hall–Kier alpha value is -4.01. The monoisotopic (exact) mass is 529 g/mol. The second-order valence-electron chi connectivity index (χ2n) is 10.6. The summed E-state index contributed by atoms with van der Waals surface area (Å²) >= 11 is 0. The SMILES string of the molecule is CC(C)(C)OC(=O)N1CCC(NC(=O)c2cc(-c3ccc(F)cc3F)on2)C(C(=O)NC2(C#N)CCC2)C1. The third kappa shape index (κ3) is 5.93. The summed E-state index contributed by atoms with van der Waals surface area (Å²) in [6.45, 7) is 5.40. The highest BCUT2D eigenvalue weighted by atomic mass is 19.1. The number of likely N-dealkylation sites (tertiary alicyclic amines) is 1. The number of aromatic nitrogens is 1. The van der Waals surface area contributed by atoms with Crippen LogP contribution in [0.4, 0.5) is 13.6 Å². The number of hydrogen-bond acceptors (Lipinski definition) is 7. The van der Waals surface area contributed by atoms with Gasteiger partial charge in [0.05, 0.1) is 17.6 Å². The smallest absolute Gasteiger partial charge is 0.410 e. The van der Waals surface area contributed by atoms with E-state index in [9.17, 15) is 28.4 Å². The Balaban J connectivity index is 1.50. The number of carbonyl (C=O) groups is 3. The number of benzene rings is 1. The van der Waals surface area contributed by atoms with Crippen molar-refractivity contribution in [3.63, 3.8) is 0 Å². The van der Waals surface area contributed by atoms with Crippen LogP contribution < -0.4 is 10.6 Å². The molecule has 2 atom stereocenters. The molecule has 12 heteroatoms. The fraction of sp³-hybridized carbons (Fsp3) is 0.500. The molecule has 2 aliphatic rings. The summed E-state index contributed by atoms with van der Waals surface area (Å²) in [4.78, 5) is 40.4. The number of halogens is 2. The quantitative estimate of drug-likeness (QED) is 0.604. The highest BCUT2D eigenvalue weighted by Crippen LogP contribution is 2.32. The van der Waals surface area contributed by atoms with E-state index in [2.05, 4.69) is 21.9 Å². The van der Waals surface area contributed by atoms with Gasteiger partial charge in [0.15, 0.2) is 11.5 Å². The van der Waals surface area contributed by atoms with Crippen LogP contribution >= 0.6 is 0 Å². The Labute approximate surface area is 218 Å². The Bertz CT molecular complexity index is 1280. The number of hydrogen-bond donors (Lipinski definition) is 2. The second-order valence-corrected chi connectivity index (χ2v) is 10.6. The predicted molar refractivity (Wildman–Crippen MR) is 129 cm³/mol. The van der Waals surface area contributed by atoms with Crippen molar-refractivity contribution in [2.24, 2.45) is 5.92 Å². The lowest BCUT2D eigenvalue weighted by molar-refractivity contribution is -0.129. The molecule has 2 heterocycles. The Kier molecular flexibility index (Phi) is 7.40. The van der Waals surface area contributed by atoms with Gasteiger partial charge in [0, 0.05) is 31.3 Å². The van der Waals surface area contributed by atoms with Crippen LogP contribution in [0.25, 0.3) is 11.3 Å². The molecule has 1 aliphatic heterocycles. The summed E-state index contributed by atoms with van der Waals surface area (Å²) in [6, 6.07) is 5.60. The molecule has 0 spiro atoms. The minimum absolute atomic E-state index is 0.0297. The molecule has 0 radical (unpaired) electrons. The van der Waals surface area contributed by atoms with E-state index >= 15 is 0 Å². The Morgan fingerprint density at radius 2 is 1.97 bits per heavy atom. The maximum atomic E-state index is 14.1. The summed E-state index contributed by atoms with van der Waals surface area (Å²) in [5.74, 6) is -3.70. The zero-order valence-electron chi connectivity index (χ0n) is 21.3. The van der Waals surface area contributed by atoms with E-state index in [1.807, 2.05) is 0 Å². The first-order chi connectivity index (χ1) is 17.9. The first-order valence-electron chi connectivity index (χ1n) is 12.3. The number of carbonyl (C=O) groups excluding carboxylic acids is 3. The fourth-order valence-corrected chi connectivity index (χ4v) is 4.45. The van der Waals surface area contributed by atoms with Gasteiger partial charge in [0.1, 0.15) is 22.8 Å². The van der Waals surface area contributed by atoms with Crippen LogP contribution in [0.1, 0.15) is 56.9 Å². The number of rotatable bonds is 5. The van der Waals surface area contributed by atoms with Crippen molar-refractivity contribution in [3.05, 3.63) is 41.6 Å². The molecule has 0 bridgehead atoms. The molecule has 1 saturated carbocycles. The maximum Gasteiger partial charge on any atom is 0.410 e. The van der Waals surface area contributed by atoms with Gasteiger partial charge < -0.3 is 24.8 Å². The maximum absolute atomic E-state index is 14.1. The van der Waals surface area contributed by atoms with Crippen molar-refractivity contribution >= 4 is 17.9 Å². The summed E-state index contributed by atoms with van der Waals surface area (Å²) in [7, 11) is 0. The van der Waals surface area contributed by atoms with Gasteiger partial charge in [0.25, 0.3) is 5.91 Å². The molecule has 10 nitrogen and oxygen atoms in total. The lowest BCUT2D eigenvalue weighted by atomic mass is 9.77. The topological polar surface area (TPSA) is 138 Å². The predicted octanol–water partition coefficient (Wildman–Crippen LogP) is 3.54. The zero-order valence-corrected chi connectivity index (χ0v) is 21.3. The van der Waals surface area contributed by atoms with Gasteiger partial charge in [-0.25, -0.2) is 13.6 Å². The Morgan fingerprint density at radius 1 is 1.24 bits per heavy atom. The third-order valence-corrected chi connectivity index (χ3v) is 6.64. The molecule has 2 aromatic rings. The van der Waals surface area contributed by atoms with Gasteiger partial charge >= 0.3 is 6.09 Å². The normalized spacial score (nSPS) is 20.6. The molecule has 202 valence electrons. The van der Waals surface area contributed by atoms with Gasteiger partial charge in [-0.3, -0.25) is 9.59 Å². The number of piperidine rings is 1.